The first-order valence-electron chi connectivity index (χ1n) is 8.05. The Hall–Kier alpha value is -3.60. The number of aromatic nitrogens is 4. The number of aryl methyl sites for hydroxylation is 1. The van der Waals surface area contributed by atoms with E-state index in [1.165, 1.54) is 6.33 Å². The summed E-state index contributed by atoms with van der Waals surface area (Å²) in [6.45, 7) is 2.94. The van der Waals surface area contributed by atoms with E-state index in [1.54, 1.807) is 28.9 Å². The SMILES string of the molecule is Cc1cc(N)n(-c2cc(N(C)CCOc3cccc(C#N)c3)ncn2)n1. The maximum atomic E-state index is 8.92. The lowest BCUT2D eigenvalue weighted by molar-refractivity contribution is 0.325. The third-order valence-corrected chi connectivity index (χ3v) is 3.76. The lowest BCUT2D eigenvalue weighted by atomic mass is 10.2. The monoisotopic (exact) mass is 349 g/mol. The van der Waals surface area contributed by atoms with Crippen molar-refractivity contribution in [2.75, 3.05) is 30.8 Å². The van der Waals surface area contributed by atoms with Crippen molar-refractivity contribution in [3.8, 4) is 17.6 Å². The first-order valence-corrected chi connectivity index (χ1v) is 8.05. The molecule has 3 rings (SSSR count). The van der Waals surface area contributed by atoms with Gasteiger partial charge in [-0.1, -0.05) is 6.07 Å². The molecule has 0 amide bonds. The van der Waals surface area contributed by atoms with Gasteiger partial charge >= 0.3 is 0 Å². The van der Waals surface area contributed by atoms with Crippen LogP contribution in [0.5, 0.6) is 5.75 Å². The summed E-state index contributed by atoms with van der Waals surface area (Å²) in [4.78, 5) is 10.5. The fourth-order valence-electron chi connectivity index (χ4n) is 2.44. The van der Waals surface area contributed by atoms with E-state index in [9.17, 15) is 0 Å². The summed E-state index contributed by atoms with van der Waals surface area (Å²) in [5.41, 5.74) is 7.35. The van der Waals surface area contributed by atoms with E-state index in [1.807, 2.05) is 31.0 Å². The van der Waals surface area contributed by atoms with Gasteiger partial charge in [-0.25, -0.2) is 9.97 Å². The van der Waals surface area contributed by atoms with Crippen LogP contribution >= 0.6 is 0 Å². The fraction of sp³-hybridized carbons (Fsp3) is 0.222. The number of hydrogen-bond donors (Lipinski definition) is 1. The van der Waals surface area contributed by atoms with Crippen molar-refractivity contribution in [2.45, 2.75) is 6.92 Å². The molecule has 26 heavy (non-hydrogen) atoms. The molecule has 0 saturated heterocycles. The number of ether oxygens (including phenoxy) is 1. The van der Waals surface area contributed by atoms with Crippen LogP contribution in [0.3, 0.4) is 0 Å². The van der Waals surface area contributed by atoms with E-state index in [-0.39, 0.29) is 0 Å². The van der Waals surface area contributed by atoms with E-state index >= 15 is 0 Å². The van der Waals surface area contributed by atoms with Crippen LogP contribution in [0.1, 0.15) is 11.3 Å². The molecule has 0 unspecified atom stereocenters. The van der Waals surface area contributed by atoms with Gasteiger partial charge in [0, 0.05) is 19.2 Å². The second-order valence-electron chi connectivity index (χ2n) is 5.77. The number of anilines is 2. The average Bonchev–Trinajstić information content (AvgIpc) is 3.00. The maximum Gasteiger partial charge on any atom is 0.161 e. The van der Waals surface area contributed by atoms with E-state index in [2.05, 4.69) is 21.1 Å². The zero-order chi connectivity index (χ0) is 18.5. The summed E-state index contributed by atoms with van der Waals surface area (Å²) in [5, 5.41) is 13.3. The minimum absolute atomic E-state index is 0.452. The third-order valence-electron chi connectivity index (χ3n) is 3.76. The van der Waals surface area contributed by atoms with Crippen molar-refractivity contribution in [2.24, 2.45) is 0 Å². The Bertz CT molecular complexity index is 945. The van der Waals surface area contributed by atoms with Gasteiger partial charge < -0.3 is 15.4 Å². The van der Waals surface area contributed by atoms with E-state index < -0.39 is 0 Å². The van der Waals surface area contributed by atoms with E-state index in [0.29, 0.717) is 36.1 Å². The molecule has 2 N–H and O–H groups in total. The number of nitrogens with zero attached hydrogens (tertiary/aromatic N) is 6. The second kappa shape index (κ2) is 7.53. The molecule has 132 valence electrons. The topological polar surface area (TPSA) is 106 Å². The largest absolute Gasteiger partial charge is 0.492 e. The smallest absolute Gasteiger partial charge is 0.161 e. The molecule has 3 aromatic rings. The molecule has 0 aliphatic rings. The van der Waals surface area contributed by atoms with Gasteiger partial charge in [0.15, 0.2) is 5.82 Å². The van der Waals surface area contributed by atoms with Crippen LogP contribution in [0.25, 0.3) is 5.82 Å². The van der Waals surface area contributed by atoms with Crippen molar-refractivity contribution >= 4 is 11.6 Å². The van der Waals surface area contributed by atoms with E-state index in [0.717, 1.165) is 11.5 Å². The number of nitrogen functional groups attached to an aromatic ring is 1. The Morgan fingerprint density at radius 3 is 2.85 bits per heavy atom. The Balaban J connectivity index is 1.65. The first kappa shape index (κ1) is 17.2. The minimum atomic E-state index is 0.452. The molecule has 0 saturated carbocycles. The van der Waals surface area contributed by atoms with Gasteiger partial charge in [-0.05, 0) is 25.1 Å². The highest BCUT2D eigenvalue weighted by atomic mass is 16.5. The molecule has 2 heterocycles. The Morgan fingerprint density at radius 2 is 2.12 bits per heavy atom. The average molecular weight is 349 g/mol. The van der Waals surface area contributed by atoms with Gasteiger partial charge in [0.2, 0.25) is 0 Å². The van der Waals surface area contributed by atoms with E-state index in [4.69, 9.17) is 15.7 Å². The van der Waals surface area contributed by atoms with Gasteiger partial charge in [-0.2, -0.15) is 15.0 Å². The van der Waals surface area contributed by atoms with Crippen LogP contribution in [0.2, 0.25) is 0 Å². The van der Waals surface area contributed by atoms with Crippen LogP contribution in [0.4, 0.5) is 11.6 Å². The Labute approximate surface area is 151 Å². The standard InChI is InChI=1S/C18H19N7O/c1-13-8-16(20)25(23-13)18-10-17(21-12-22-18)24(2)6-7-26-15-5-3-4-14(9-15)11-19/h3-5,8-10,12H,6-7,20H2,1-2H3. The first-order chi connectivity index (χ1) is 12.6. The number of hydrogen-bond acceptors (Lipinski definition) is 7. The van der Waals surface area contributed by atoms with Gasteiger partial charge in [0.25, 0.3) is 0 Å². The second-order valence-corrected chi connectivity index (χ2v) is 5.77. The zero-order valence-corrected chi connectivity index (χ0v) is 14.6. The van der Waals surface area contributed by atoms with Crippen molar-refractivity contribution in [1.82, 2.24) is 19.7 Å². The molecule has 0 bridgehead atoms. The molecule has 0 radical (unpaired) electrons. The molecule has 0 fully saturated rings. The molecule has 8 heteroatoms. The van der Waals surface area contributed by atoms with Crippen LogP contribution in [-0.4, -0.2) is 39.9 Å². The number of likely N-dealkylation sites (N-methyl/N-ethyl adjacent to an activating group) is 1. The highest BCUT2D eigenvalue weighted by Gasteiger charge is 2.09. The normalized spacial score (nSPS) is 10.3. The zero-order valence-electron chi connectivity index (χ0n) is 14.6. The van der Waals surface area contributed by atoms with Crippen molar-refractivity contribution in [3.05, 3.63) is 54.0 Å². The summed E-state index contributed by atoms with van der Waals surface area (Å²) >= 11 is 0. The van der Waals surface area contributed by atoms with Crippen LogP contribution in [-0.2, 0) is 0 Å². The summed E-state index contributed by atoms with van der Waals surface area (Å²) < 4.78 is 7.29. The minimum Gasteiger partial charge on any atom is -0.492 e. The summed E-state index contributed by atoms with van der Waals surface area (Å²) in [6, 6.07) is 12.8. The predicted molar refractivity (Wildman–Crippen MR) is 98.2 cm³/mol. The molecular weight excluding hydrogens is 330 g/mol. The Morgan fingerprint density at radius 1 is 1.27 bits per heavy atom. The molecular formula is C18H19N7O. The molecule has 0 aliphatic carbocycles. The van der Waals surface area contributed by atoms with Crippen LogP contribution in [0, 0.1) is 18.3 Å². The van der Waals surface area contributed by atoms with Crippen molar-refractivity contribution in [1.29, 1.82) is 5.26 Å². The molecule has 1 aromatic carbocycles. The molecule has 0 atom stereocenters. The fourth-order valence-corrected chi connectivity index (χ4v) is 2.44. The van der Waals surface area contributed by atoms with Gasteiger partial charge in [-0.15, -0.1) is 0 Å². The summed E-state index contributed by atoms with van der Waals surface area (Å²) in [6.07, 6.45) is 1.48. The van der Waals surface area contributed by atoms with Crippen LogP contribution in [0.15, 0.2) is 42.7 Å². The van der Waals surface area contributed by atoms with Gasteiger partial charge in [0.1, 0.15) is 30.3 Å². The number of nitrogens with two attached hydrogens (primary N) is 1. The molecule has 8 nitrogen and oxygen atoms in total. The summed E-state index contributed by atoms with van der Waals surface area (Å²) in [5.74, 6) is 2.53. The summed E-state index contributed by atoms with van der Waals surface area (Å²) in [7, 11) is 1.92. The predicted octanol–water partition coefficient (Wildman–Crippen LogP) is 1.94. The highest BCUT2D eigenvalue weighted by Crippen LogP contribution is 2.16. The van der Waals surface area contributed by atoms with Crippen LogP contribution < -0.4 is 15.4 Å². The lowest BCUT2D eigenvalue weighted by Crippen LogP contribution is -2.25. The Kier molecular flexibility index (Phi) is 4.99. The lowest BCUT2D eigenvalue weighted by Gasteiger charge is -2.18. The molecule has 0 spiro atoms. The number of benzene rings is 1. The number of nitriles is 1. The number of rotatable bonds is 6. The molecule has 2 aromatic heterocycles. The highest BCUT2D eigenvalue weighted by molar-refractivity contribution is 5.46. The van der Waals surface area contributed by atoms with Gasteiger partial charge in [0.05, 0.1) is 23.9 Å². The van der Waals surface area contributed by atoms with Gasteiger partial charge in [-0.3, -0.25) is 0 Å². The third kappa shape index (κ3) is 3.89. The molecule has 0 aliphatic heterocycles. The van der Waals surface area contributed by atoms with Crippen molar-refractivity contribution in [3.63, 3.8) is 0 Å². The maximum absolute atomic E-state index is 8.92. The quantitative estimate of drug-likeness (QED) is 0.725. The van der Waals surface area contributed by atoms with Crippen molar-refractivity contribution < 1.29 is 4.74 Å².